The van der Waals surface area contributed by atoms with Gasteiger partial charge in [-0.3, -0.25) is 14.5 Å². The van der Waals surface area contributed by atoms with Gasteiger partial charge in [0.1, 0.15) is 0 Å². The number of carboxylic acid groups (broad SMARTS) is 1. The Hall–Kier alpha value is -1.10. The number of nitrogens with one attached hydrogen (secondary N) is 1. The SMILES string of the molecule is CCC(C)NC(=O)CN(CC(C)C(=O)O)C(C)CC. The molecule has 2 N–H and O–H groups in total. The Balaban J connectivity index is 4.51. The minimum atomic E-state index is -0.823. The molecule has 3 unspecified atom stereocenters. The summed E-state index contributed by atoms with van der Waals surface area (Å²) in [5.74, 6) is -1.33. The zero-order chi connectivity index (χ0) is 15.0. The molecular weight excluding hydrogens is 244 g/mol. The van der Waals surface area contributed by atoms with E-state index in [-0.39, 0.29) is 24.5 Å². The van der Waals surface area contributed by atoms with Crippen LogP contribution in [0.4, 0.5) is 0 Å². The van der Waals surface area contributed by atoms with Gasteiger partial charge in [-0.05, 0) is 26.7 Å². The summed E-state index contributed by atoms with van der Waals surface area (Å²) in [4.78, 5) is 24.8. The third-order valence-electron chi connectivity index (χ3n) is 3.51. The van der Waals surface area contributed by atoms with Gasteiger partial charge in [0.25, 0.3) is 0 Å². The lowest BCUT2D eigenvalue weighted by Gasteiger charge is -2.29. The van der Waals surface area contributed by atoms with E-state index in [0.717, 1.165) is 12.8 Å². The van der Waals surface area contributed by atoms with E-state index in [1.54, 1.807) is 6.92 Å². The molecule has 112 valence electrons. The fourth-order valence-electron chi connectivity index (χ4n) is 1.70. The van der Waals surface area contributed by atoms with Crippen LogP contribution in [0, 0.1) is 5.92 Å². The van der Waals surface area contributed by atoms with Crippen LogP contribution in [-0.2, 0) is 9.59 Å². The number of carbonyl (C=O) groups excluding carboxylic acids is 1. The number of hydrogen-bond donors (Lipinski definition) is 2. The Morgan fingerprint density at radius 3 is 2.16 bits per heavy atom. The molecule has 5 heteroatoms. The summed E-state index contributed by atoms with van der Waals surface area (Å²) in [6, 6.07) is 0.354. The van der Waals surface area contributed by atoms with Crippen LogP contribution in [-0.4, -0.2) is 47.1 Å². The van der Waals surface area contributed by atoms with Crippen molar-refractivity contribution in [2.75, 3.05) is 13.1 Å². The van der Waals surface area contributed by atoms with Gasteiger partial charge in [0.05, 0.1) is 12.5 Å². The van der Waals surface area contributed by atoms with Gasteiger partial charge < -0.3 is 10.4 Å². The van der Waals surface area contributed by atoms with Gasteiger partial charge in [-0.2, -0.15) is 0 Å². The highest BCUT2D eigenvalue weighted by Gasteiger charge is 2.22. The fourth-order valence-corrected chi connectivity index (χ4v) is 1.70. The van der Waals surface area contributed by atoms with E-state index in [0.29, 0.717) is 6.54 Å². The van der Waals surface area contributed by atoms with Crippen LogP contribution in [0.25, 0.3) is 0 Å². The average molecular weight is 272 g/mol. The Morgan fingerprint density at radius 2 is 1.74 bits per heavy atom. The lowest BCUT2D eigenvalue weighted by molar-refractivity contribution is -0.142. The van der Waals surface area contributed by atoms with Gasteiger partial charge >= 0.3 is 5.97 Å². The summed E-state index contributed by atoms with van der Waals surface area (Å²) in [6.45, 7) is 10.4. The molecule has 0 aromatic rings. The summed E-state index contributed by atoms with van der Waals surface area (Å²) in [5.41, 5.74) is 0. The van der Waals surface area contributed by atoms with E-state index in [9.17, 15) is 9.59 Å². The van der Waals surface area contributed by atoms with Crippen LogP contribution >= 0.6 is 0 Å². The zero-order valence-corrected chi connectivity index (χ0v) is 12.8. The van der Waals surface area contributed by atoms with Crippen molar-refractivity contribution in [3.05, 3.63) is 0 Å². The highest BCUT2D eigenvalue weighted by Crippen LogP contribution is 2.08. The van der Waals surface area contributed by atoms with Crippen molar-refractivity contribution >= 4 is 11.9 Å². The molecule has 0 aromatic carbocycles. The molecule has 0 fully saturated rings. The first-order valence-corrected chi connectivity index (χ1v) is 7.07. The van der Waals surface area contributed by atoms with E-state index in [1.165, 1.54) is 0 Å². The first-order chi connectivity index (χ1) is 8.81. The molecule has 0 saturated heterocycles. The Kier molecular flexibility index (Phi) is 8.39. The number of nitrogens with zero attached hydrogens (tertiary/aromatic N) is 1. The average Bonchev–Trinajstić information content (AvgIpc) is 2.36. The molecule has 0 aromatic heterocycles. The van der Waals surface area contributed by atoms with Gasteiger partial charge in [-0.1, -0.05) is 20.8 Å². The predicted molar refractivity (Wildman–Crippen MR) is 76.0 cm³/mol. The lowest BCUT2D eigenvalue weighted by Crippen LogP contribution is -2.46. The van der Waals surface area contributed by atoms with Crippen LogP contribution in [0.15, 0.2) is 0 Å². The normalized spacial score (nSPS) is 15.9. The van der Waals surface area contributed by atoms with Crippen molar-refractivity contribution in [2.45, 2.75) is 59.5 Å². The van der Waals surface area contributed by atoms with Crippen molar-refractivity contribution in [3.8, 4) is 0 Å². The smallest absolute Gasteiger partial charge is 0.307 e. The molecule has 5 nitrogen and oxygen atoms in total. The minimum absolute atomic E-state index is 0.0350. The monoisotopic (exact) mass is 272 g/mol. The van der Waals surface area contributed by atoms with Gasteiger partial charge in [0.2, 0.25) is 5.91 Å². The molecule has 19 heavy (non-hydrogen) atoms. The molecule has 0 bridgehead atoms. The Morgan fingerprint density at radius 1 is 1.16 bits per heavy atom. The van der Waals surface area contributed by atoms with Gasteiger partial charge in [-0.25, -0.2) is 0 Å². The van der Waals surface area contributed by atoms with E-state index < -0.39 is 11.9 Å². The van der Waals surface area contributed by atoms with Crippen LogP contribution in [0.1, 0.15) is 47.5 Å². The molecule has 3 atom stereocenters. The van der Waals surface area contributed by atoms with E-state index in [2.05, 4.69) is 5.32 Å². The third kappa shape index (κ3) is 7.15. The van der Waals surface area contributed by atoms with Crippen molar-refractivity contribution in [2.24, 2.45) is 5.92 Å². The largest absolute Gasteiger partial charge is 0.481 e. The predicted octanol–water partition coefficient (Wildman–Crippen LogP) is 1.72. The lowest BCUT2D eigenvalue weighted by atomic mass is 10.1. The van der Waals surface area contributed by atoms with Gasteiger partial charge in [0, 0.05) is 18.6 Å². The number of hydrogen-bond acceptors (Lipinski definition) is 3. The Labute approximate surface area is 116 Å². The maximum atomic E-state index is 11.9. The summed E-state index contributed by atoms with van der Waals surface area (Å²) in [7, 11) is 0. The molecule has 0 aliphatic heterocycles. The van der Waals surface area contributed by atoms with Crippen LogP contribution < -0.4 is 5.32 Å². The van der Waals surface area contributed by atoms with Crippen LogP contribution in [0.3, 0.4) is 0 Å². The maximum Gasteiger partial charge on any atom is 0.307 e. The number of carbonyl (C=O) groups is 2. The van der Waals surface area contributed by atoms with Crippen molar-refractivity contribution in [1.29, 1.82) is 0 Å². The van der Waals surface area contributed by atoms with E-state index in [1.807, 2.05) is 32.6 Å². The molecule has 0 aliphatic rings. The molecular formula is C14H28N2O3. The molecule has 0 aliphatic carbocycles. The first-order valence-electron chi connectivity index (χ1n) is 7.07. The number of aliphatic carboxylic acids is 1. The summed E-state index contributed by atoms with van der Waals surface area (Å²) < 4.78 is 0. The zero-order valence-electron chi connectivity index (χ0n) is 12.8. The Bertz CT molecular complexity index is 294. The highest BCUT2D eigenvalue weighted by molar-refractivity contribution is 5.78. The first kappa shape index (κ1) is 17.9. The second-order valence-electron chi connectivity index (χ2n) is 5.30. The summed E-state index contributed by atoms with van der Waals surface area (Å²) in [5, 5.41) is 11.9. The standard InChI is InChI=1S/C14H28N2O3/c1-6-11(4)15-13(17)9-16(12(5)7-2)8-10(3)14(18)19/h10-12H,6-9H2,1-5H3,(H,15,17)(H,18,19). The molecule has 0 saturated carbocycles. The van der Waals surface area contributed by atoms with Crippen molar-refractivity contribution in [3.63, 3.8) is 0 Å². The van der Waals surface area contributed by atoms with E-state index in [4.69, 9.17) is 5.11 Å². The molecule has 0 spiro atoms. The van der Waals surface area contributed by atoms with Crippen molar-refractivity contribution < 1.29 is 14.7 Å². The second kappa shape index (κ2) is 8.91. The minimum Gasteiger partial charge on any atom is -0.481 e. The molecule has 0 rings (SSSR count). The van der Waals surface area contributed by atoms with E-state index >= 15 is 0 Å². The second-order valence-corrected chi connectivity index (χ2v) is 5.30. The van der Waals surface area contributed by atoms with Gasteiger partial charge in [-0.15, -0.1) is 0 Å². The quantitative estimate of drug-likeness (QED) is 0.670. The van der Waals surface area contributed by atoms with Crippen LogP contribution in [0.2, 0.25) is 0 Å². The van der Waals surface area contributed by atoms with Gasteiger partial charge in [0.15, 0.2) is 0 Å². The number of carboxylic acids is 1. The summed E-state index contributed by atoms with van der Waals surface area (Å²) >= 11 is 0. The van der Waals surface area contributed by atoms with Crippen LogP contribution in [0.5, 0.6) is 0 Å². The third-order valence-corrected chi connectivity index (χ3v) is 3.51. The number of amides is 1. The molecule has 0 radical (unpaired) electrons. The van der Waals surface area contributed by atoms with Crippen molar-refractivity contribution in [1.82, 2.24) is 10.2 Å². The number of rotatable bonds is 9. The topological polar surface area (TPSA) is 69.6 Å². The molecule has 0 heterocycles. The summed E-state index contributed by atoms with van der Waals surface area (Å²) in [6.07, 6.45) is 1.78. The highest BCUT2D eigenvalue weighted by atomic mass is 16.4. The fraction of sp³-hybridized carbons (Fsp3) is 0.857. The maximum absolute atomic E-state index is 11.9. The molecule has 1 amide bonds.